The summed E-state index contributed by atoms with van der Waals surface area (Å²) in [6.07, 6.45) is 4.52. The molecule has 0 aliphatic carbocycles. The predicted molar refractivity (Wildman–Crippen MR) is 69.4 cm³/mol. The molecule has 1 aliphatic heterocycles. The van der Waals surface area contributed by atoms with Gasteiger partial charge in [0.1, 0.15) is 0 Å². The van der Waals surface area contributed by atoms with Gasteiger partial charge in [-0.2, -0.15) is 0 Å². The molecule has 0 aromatic carbocycles. The van der Waals surface area contributed by atoms with Crippen LogP contribution in [-0.4, -0.2) is 58.3 Å². The Hall–Kier alpha value is -1.14. The molecule has 6 nitrogen and oxygen atoms in total. The van der Waals surface area contributed by atoms with Crippen molar-refractivity contribution in [3.8, 4) is 0 Å². The zero-order valence-electron chi connectivity index (χ0n) is 11.5. The van der Waals surface area contributed by atoms with E-state index in [9.17, 15) is 19.9 Å². The Morgan fingerprint density at radius 2 is 2.32 bits per heavy atom. The van der Waals surface area contributed by atoms with Crippen LogP contribution in [0.3, 0.4) is 0 Å². The van der Waals surface area contributed by atoms with Crippen molar-refractivity contribution in [2.75, 3.05) is 19.7 Å². The van der Waals surface area contributed by atoms with Crippen LogP contribution in [0, 0.1) is 5.92 Å². The Kier molecular flexibility index (Phi) is 6.80. The number of aliphatic hydroxyl groups excluding tert-OH is 1. The molecule has 0 aromatic rings. The minimum Gasteiger partial charge on any atom is -0.394 e. The molecule has 1 fully saturated rings. The maximum Gasteiger partial charge on any atom is 0.233 e. The fourth-order valence-electron chi connectivity index (χ4n) is 2.56. The molecule has 1 saturated heterocycles. The van der Waals surface area contributed by atoms with Gasteiger partial charge in [-0.15, -0.1) is 0 Å². The van der Waals surface area contributed by atoms with Gasteiger partial charge >= 0.3 is 0 Å². The third-order valence-electron chi connectivity index (χ3n) is 3.66. The second kappa shape index (κ2) is 8.12. The van der Waals surface area contributed by atoms with E-state index in [4.69, 9.17) is 0 Å². The molecule has 110 valence electrons. The van der Waals surface area contributed by atoms with Gasteiger partial charge in [0.15, 0.2) is 0 Å². The van der Waals surface area contributed by atoms with Crippen LogP contribution in [0.15, 0.2) is 0 Å². The first kappa shape index (κ1) is 15.9. The van der Waals surface area contributed by atoms with Crippen LogP contribution in [0.4, 0.5) is 0 Å². The van der Waals surface area contributed by atoms with Crippen LogP contribution in [0.5, 0.6) is 0 Å². The fraction of sp³-hybridized carbons (Fsp3) is 0.846. The Balaban J connectivity index is 2.66. The van der Waals surface area contributed by atoms with Gasteiger partial charge in [-0.05, 0) is 19.3 Å². The van der Waals surface area contributed by atoms with Gasteiger partial charge in [-0.1, -0.05) is 19.8 Å². The lowest BCUT2D eigenvalue weighted by molar-refractivity contribution is -0.157. The Morgan fingerprint density at radius 3 is 2.89 bits per heavy atom. The van der Waals surface area contributed by atoms with Crippen molar-refractivity contribution in [1.29, 1.82) is 0 Å². The first-order valence-electron chi connectivity index (χ1n) is 6.96. The van der Waals surface area contributed by atoms with E-state index in [2.05, 4.69) is 0 Å². The second-order valence-electron chi connectivity index (χ2n) is 5.08. The lowest BCUT2D eigenvalue weighted by Crippen LogP contribution is -2.44. The summed E-state index contributed by atoms with van der Waals surface area (Å²) in [5, 5.41) is 19.1. The summed E-state index contributed by atoms with van der Waals surface area (Å²) in [6, 6.07) is -0.111. The first-order valence-corrected chi connectivity index (χ1v) is 6.96. The van der Waals surface area contributed by atoms with Crippen molar-refractivity contribution in [2.45, 2.75) is 45.1 Å². The standard InChI is InChI=1S/C13H24N2O4/c1-2-3-5-11(8-14(19)10-17)13(18)15-7-4-6-12(15)9-16/h10-12,16,19H,2-9H2,1H3. The predicted octanol–water partition coefficient (Wildman–Crippen LogP) is 0.624. The molecule has 2 amide bonds. The number of unbranched alkanes of at least 4 members (excludes halogenated alkanes) is 1. The molecular formula is C13H24N2O4. The highest BCUT2D eigenvalue weighted by Crippen LogP contribution is 2.22. The minimum absolute atomic E-state index is 0.0248. The van der Waals surface area contributed by atoms with E-state index in [0.717, 1.165) is 25.7 Å². The zero-order valence-corrected chi connectivity index (χ0v) is 11.5. The molecule has 19 heavy (non-hydrogen) atoms. The van der Waals surface area contributed by atoms with Gasteiger partial charge < -0.3 is 10.0 Å². The van der Waals surface area contributed by atoms with E-state index in [1.807, 2.05) is 6.92 Å². The van der Waals surface area contributed by atoms with Crippen molar-refractivity contribution >= 4 is 12.3 Å². The number of carbonyl (C=O) groups excluding carboxylic acids is 2. The number of hydrogen-bond donors (Lipinski definition) is 2. The highest BCUT2D eigenvalue weighted by atomic mass is 16.5. The van der Waals surface area contributed by atoms with Gasteiger partial charge in [-0.3, -0.25) is 14.8 Å². The summed E-state index contributed by atoms with van der Waals surface area (Å²) in [5.41, 5.74) is 0. The third-order valence-corrected chi connectivity index (χ3v) is 3.66. The highest BCUT2D eigenvalue weighted by Gasteiger charge is 2.33. The summed E-state index contributed by atoms with van der Waals surface area (Å²) < 4.78 is 0. The monoisotopic (exact) mass is 272 g/mol. The Morgan fingerprint density at radius 1 is 1.58 bits per heavy atom. The van der Waals surface area contributed by atoms with Crippen LogP contribution >= 0.6 is 0 Å². The third kappa shape index (κ3) is 4.47. The van der Waals surface area contributed by atoms with Gasteiger partial charge in [0.05, 0.1) is 25.1 Å². The van der Waals surface area contributed by atoms with E-state index >= 15 is 0 Å². The molecule has 0 aromatic heterocycles. The number of aliphatic hydroxyl groups is 1. The van der Waals surface area contributed by atoms with Gasteiger partial charge in [-0.25, -0.2) is 5.06 Å². The van der Waals surface area contributed by atoms with E-state index in [0.29, 0.717) is 24.4 Å². The molecule has 0 radical (unpaired) electrons. The summed E-state index contributed by atoms with van der Waals surface area (Å²) in [4.78, 5) is 24.6. The van der Waals surface area contributed by atoms with Gasteiger partial charge in [0.25, 0.3) is 0 Å². The Labute approximate surface area is 113 Å². The summed E-state index contributed by atoms with van der Waals surface area (Å²) >= 11 is 0. The van der Waals surface area contributed by atoms with Crippen molar-refractivity contribution in [3.63, 3.8) is 0 Å². The number of nitrogens with zero attached hydrogens (tertiary/aromatic N) is 2. The van der Waals surface area contributed by atoms with E-state index in [1.54, 1.807) is 4.90 Å². The highest BCUT2D eigenvalue weighted by molar-refractivity contribution is 5.80. The number of hydrogen-bond acceptors (Lipinski definition) is 4. The van der Waals surface area contributed by atoms with Crippen LogP contribution in [0.2, 0.25) is 0 Å². The molecule has 1 aliphatic rings. The number of carbonyl (C=O) groups is 2. The summed E-state index contributed by atoms with van der Waals surface area (Å²) in [7, 11) is 0. The van der Waals surface area contributed by atoms with Gasteiger partial charge in [0.2, 0.25) is 12.3 Å². The second-order valence-corrected chi connectivity index (χ2v) is 5.08. The molecule has 6 heteroatoms. The molecule has 2 atom stereocenters. The van der Waals surface area contributed by atoms with Gasteiger partial charge in [0, 0.05) is 6.54 Å². The van der Waals surface area contributed by atoms with Crippen LogP contribution in [0.1, 0.15) is 39.0 Å². The van der Waals surface area contributed by atoms with Crippen LogP contribution in [-0.2, 0) is 9.59 Å². The zero-order chi connectivity index (χ0) is 14.3. The van der Waals surface area contributed by atoms with E-state index in [1.165, 1.54) is 0 Å². The number of likely N-dealkylation sites (tertiary alicyclic amines) is 1. The maximum atomic E-state index is 12.4. The average Bonchev–Trinajstić information content (AvgIpc) is 2.90. The Bertz CT molecular complexity index is 298. The largest absolute Gasteiger partial charge is 0.394 e. The lowest BCUT2D eigenvalue weighted by Gasteiger charge is -2.28. The first-order chi connectivity index (χ1) is 9.13. The molecule has 0 spiro atoms. The van der Waals surface area contributed by atoms with Crippen LogP contribution in [0.25, 0.3) is 0 Å². The molecular weight excluding hydrogens is 248 g/mol. The maximum absolute atomic E-state index is 12.4. The SMILES string of the molecule is CCCCC(CN(O)C=O)C(=O)N1CCCC1CO. The summed E-state index contributed by atoms with van der Waals surface area (Å²) in [5.74, 6) is -0.451. The number of amides is 2. The summed E-state index contributed by atoms with van der Waals surface area (Å²) in [6.45, 7) is 2.68. The number of hydroxylamine groups is 2. The van der Waals surface area contributed by atoms with Crippen molar-refractivity contribution in [1.82, 2.24) is 9.96 Å². The quantitative estimate of drug-likeness (QED) is 0.386. The average molecular weight is 272 g/mol. The topological polar surface area (TPSA) is 81.1 Å². The molecule has 2 N–H and O–H groups in total. The van der Waals surface area contributed by atoms with E-state index in [-0.39, 0.29) is 31.0 Å². The molecule has 1 heterocycles. The molecule has 1 rings (SSSR count). The lowest BCUT2D eigenvalue weighted by atomic mass is 10.00. The number of rotatable bonds is 8. The minimum atomic E-state index is -0.387. The molecule has 0 saturated carbocycles. The smallest absolute Gasteiger partial charge is 0.233 e. The normalized spacial score (nSPS) is 20.4. The fourth-order valence-corrected chi connectivity index (χ4v) is 2.56. The van der Waals surface area contributed by atoms with Crippen molar-refractivity contribution in [2.24, 2.45) is 5.92 Å². The molecule has 2 unspecified atom stereocenters. The van der Waals surface area contributed by atoms with E-state index < -0.39 is 0 Å². The molecule has 0 bridgehead atoms. The van der Waals surface area contributed by atoms with Crippen molar-refractivity contribution in [3.05, 3.63) is 0 Å². The van der Waals surface area contributed by atoms with Crippen LogP contribution < -0.4 is 0 Å². The van der Waals surface area contributed by atoms with Crippen molar-refractivity contribution < 1.29 is 19.9 Å².